The number of carbonyl (C=O) groups is 3. The minimum atomic E-state index is -0.853. The third-order valence-corrected chi connectivity index (χ3v) is 10.4. The molecule has 1 unspecified atom stereocenters. The summed E-state index contributed by atoms with van der Waals surface area (Å²) in [6.07, 6.45) is 79.6. The van der Waals surface area contributed by atoms with Crippen LogP contribution in [0.4, 0.5) is 0 Å². The molecule has 0 saturated heterocycles. The Kier molecular flexibility index (Phi) is 50.6. The third kappa shape index (κ3) is 52.0. The van der Waals surface area contributed by atoms with Crippen LogP contribution < -0.4 is 0 Å². The van der Waals surface area contributed by atoms with Gasteiger partial charge in [-0.05, 0) is 96.3 Å². The third-order valence-electron chi connectivity index (χ3n) is 10.4. The highest BCUT2D eigenvalue weighted by Crippen LogP contribution is 2.12. The van der Waals surface area contributed by atoms with E-state index in [1.54, 1.807) is 0 Å². The molecule has 0 aromatic carbocycles. The molecule has 6 nitrogen and oxygen atoms in total. The van der Waals surface area contributed by atoms with Crippen LogP contribution in [0.1, 0.15) is 194 Å². The summed E-state index contributed by atoms with van der Waals surface area (Å²) in [5.41, 5.74) is 0. The van der Waals surface area contributed by atoms with Crippen molar-refractivity contribution in [2.24, 2.45) is 0 Å². The van der Waals surface area contributed by atoms with E-state index in [4.69, 9.17) is 14.2 Å². The summed E-state index contributed by atoms with van der Waals surface area (Å²) in [6, 6.07) is 0. The van der Waals surface area contributed by atoms with Crippen LogP contribution >= 0.6 is 0 Å². The first-order chi connectivity index (χ1) is 33.5. The summed E-state index contributed by atoms with van der Waals surface area (Å²) in [7, 11) is 0. The molecule has 1 atom stereocenters. The fourth-order valence-electron chi connectivity index (χ4n) is 6.49. The number of allylic oxidation sites excluding steroid dienone is 26. The molecule has 0 fully saturated rings. The maximum atomic E-state index is 12.8. The van der Waals surface area contributed by atoms with E-state index in [0.29, 0.717) is 12.8 Å². The van der Waals surface area contributed by atoms with Crippen LogP contribution in [0.15, 0.2) is 158 Å². The van der Waals surface area contributed by atoms with E-state index in [2.05, 4.69) is 112 Å². The highest BCUT2D eigenvalue weighted by Gasteiger charge is 2.19. The molecule has 0 bridgehead atoms. The molecule has 0 aromatic heterocycles. The number of hydrogen-bond donors (Lipinski definition) is 0. The van der Waals surface area contributed by atoms with Crippen molar-refractivity contribution >= 4 is 17.9 Å². The standard InChI is InChI=1S/C62H94O6/c1-4-7-10-13-16-19-22-25-27-29-31-33-34-37-40-43-46-49-52-55-61(64)67-58-59(57-66-60(63)54-51-48-45-42-39-36-24-21-18-15-12-9-6-3)68-62(65)56-53-50-47-44-41-38-35-32-30-28-26-23-20-17-14-11-8-5-2/h7,9-10,12,15-16,18-19,21,24-25,27-28,30-33,35-37,39-40,42,45-46,49,59H,4-6,8,11,13-14,17,20,22-23,26,29,34,38,41,43-44,47-48,50-58H2,1-3H3/b10-7-,12-9-,18-15-,19-16-,24-21-,27-25-,30-28-,33-31-,35-32-,39-36-,40-37-,45-42-,49-46-. The zero-order valence-corrected chi connectivity index (χ0v) is 43.0. The van der Waals surface area contributed by atoms with Crippen LogP contribution in [-0.4, -0.2) is 37.2 Å². The van der Waals surface area contributed by atoms with E-state index >= 15 is 0 Å². The highest BCUT2D eigenvalue weighted by molar-refractivity contribution is 5.71. The molecule has 0 heterocycles. The zero-order chi connectivity index (χ0) is 49.3. The van der Waals surface area contributed by atoms with Crippen molar-refractivity contribution in [1.82, 2.24) is 0 Å². The monoisotopic (exact) mass is 935 g/mol. The van der Waals surface area contributed by atoms with E-state index in [-0.39, 0.29) is 50.4 Å². The summed E-state index contributed by atoms with van der Waals surface area (Å²) in [5.74, 6) is -1.13. The van der Waals surface area contributed by atoms with Gasteiger partial charge in [0.05, 0.1) is 0 Å². The van der Waals surface area contributed by atoms with Crippen molar-refractivity contribution in [1.29, 1.82) is 0 Å². The second-order valence-corrected chi connectivity index (χ2v) is 16.8. The molecule has 0 aliphatic heterocycles. The molecule has 0 amide bonds. The van der Waals surface area contributed by atoms with Gasteiger partial charge in [-0.2, -0.15) is 0 Å². The lowest BCUT2D eigenvalue weighted by Gasteiger charge is -2.18. The van der Waals surface area contributed by atoms with E-state index in [9.17, 15) is 14.4 Å². The molecule has 0 spiro atoms. The van der Waals surface area contributed by atoms with Gasteiger partial charge in [-0.25, -0.2) is 0 Å². The van der Waals surface area contributed by atoms with Gasteiger partial charge in [-0.1, -0.05) is 237 Å². The average molecular weight is 935 g/mol. The predicted molar refractivity (Wildman–Crippen MR) is 292 cm³/mol. The number of rotatable bonds is 45. The number of carbonyl (C=O) groups excluding carboxylic acids is 3. The van der Waals surface area contributed by atoms with Crippen LogP contribution in [0, 0.1) is 0 Å². The molecule has 378 valence electrons. The number of unbranched alkanes of at least 4 members (excludes halogenated alkanes) is 13. The molecule has 0 N–H and O–H groups in total. The first-order valence-corrected chi connectivity index (χ1v) is 26.6. The summed E-state index contributed by atoms with van der Waals surface area (Å²) in [4.78, 5) is 38.0. The fraction of sp³-hybridized carbons (Fsp3) is 0.532. The molecule has 0 saturated carbocycles. The lowest BCUT2D eigenvalue weighted by Crippen LogP contribution is -2.30. The zero-order valence-electron chi connectivity index (χ0n) is 43.0. The van der Waals surface area contributed by atoms with Gasteiger partial charge >= 0.3 is 17.9 Å². The number of ether oxygens (including phenoxy) is 3. The minimum absolute atomic E-state index is 0.152. The molecule has 68 heavy (non-hydrogen) atoms. The van der Waals surface area contributed by atoms with Crippen LogP contribution in [-0.2, 0) is 28.6 Å². The Bertz CT molecular complexity index is 1590. The van der Waals surface area contributed by atoms with E-state index in [1.165, 1.54) is 44.9 Å². The van der Waals surface area contributed by atoms with Crippen molar-refractivity contribution < 1.29 is 28.6 Å². The Balaban J connectivity index is 4.64. The van der Waals surface area contributed by atoms with E-state index in [1.807, 2.05) is 66.8 Å². The average Bonchev–Trinajstić information content (AvgIpc) is 3.34. The molecule has 0 radical (unpaired) electrons. The van der Waals surface area contributed by atoms with Crippen molar-refractivity contribution in [3.05, 3.63) is 158 Å². The second kappa shape index (κ2) is 54.6. The highest BCUT2D eigenvalue weighted by atomic mass is 16.6. The first kappa shape index (κ1) is 63.0. The normalized spacial score (nSPS) is 13.4. The maximum absolute atomic E-state index is 12.8. The molecule has 0 rings (SSSR count). The van der Waals surface area contributed by atoms with Gasteiger partial charge < -0.3 is 14.2 Å². The van der Waals surface area contributed by atoms with Gasteiger partial charge in [0.2, 0.25) is 0 Å². The van der Waals surface area contributed by atoms with Gasteiger partial charge in [-0.15, -0.1) is 0 Å². The Labute approximate surface area is 416 Å². The summed E-state index contributed by atoms with van der Waals surface area (Å²) < 4.78 is 16.7. The second-order valence-electron chi connectivity index (χ2n) is 16.8. The van der Waals surface area contributed by atoms with Crippen molar-refractivity contribution in [2.45, 2.75) is 200 Å². The smallest absolute Gasteiger partial charge is 0.306 e. The van der Waals surface area contributed by atoms with E-state index in [0.717, 1.165) is 96.3 Å². The van der Waals surface area contributed by atoms with E-state index < -0.39 is 6.10 Å². The van der Waals surface area contributed by atoms with Crippen LogP contribution in [0.5, 0.6) is 0 Å². The van der Waals surface area contributed by atoms with Gasteiger partial charge in [0.1, 0.15) is 13.2 Å². The first-order valence-electron chi connectivity index (χ1n) is 26.6. The molecule has 0 aliphatic rings. The Morgan fingerprint density at radius 2 is 0.691 bits per heavy atom. The quantitative estimate of drug-likeness (QED) is 0.0199. The maximum Gasteiger partial charge on any atom is 0.306 e. The summed E-state index contributed by atoms with van der Waals surface area (Å²) in [5, 5.41) is 0. The SMILES string of the molecule is CC\C=C/C=C\C=C/C=C\C=C/CCCC(=O)OCC(COC(=O)CC/C=C\C/C=C\C/C=C\C/C=C\C/C=C\C/C=C\CC)OC(=O)CCCCCCC/C=C\C=C/CCCCCCCCC. The van der Waals surface area contributed by atoms with Gasteiger partial charge in [0, 0.05) is 19.3 Å². The number of hydrogen-bond acceptors (Lipinski definition) is 6. The largest absolute Gasteiger partial charge is 0.462 e. The van der Waals surface area contributed by atoms with Gasteiger partial charge in [0.15, 0.2) is 6.10 Å². The van der Waals surface area contributed by atoms with Crippen LogP contribution in [0.25, 0.3) is 0 Å². The Hall–Kier alpha value is -4.97. The lowest BCUT2D eigenvalue weighted by atomic mass is 10.1. The van der Waals surface area contributed by atoms with Crippen LogP contribution in [0.2, 0.25) is 0 Å². The van der Waals surface area contributed by atoms with Crippen LogP contribution in [0.3, 0.4) is 0 Å². The Morgan fingerprint density at radius 1 is 0.324 bits per heavy atom. The molecule has 0 aliphatic carbocycles. The molecular formula is C62H94O6. The van der Waals surface area contributed by atoms with Gasteiger partial charge in [0.25, 0.3) is 0 Å². The van der Waals surface area contributed by atoms with Crippen molar-refractivity contribution in [2.75, 3.05) is 13.2 Å². The topological polar surface area (TPSA) is 78.9 Å². The molecule has 6 heteroatoms. The van der Waals surface area contributed by atoms with Crippen molar-refractivity contribution in [3.8, 4) is 0 Å². The fourth-order valence-corrected chi connectivity index (χ4v) is 6.49. The lowest BCUT2D eigenvalue weighted by molar-refractivity contribution is -0.166. The van der Waals surface area contributed by atoms with Gasteiger partial charge in [-0.3, -0.25) is 14.4 Å². The minimum Gasteiger partial charge on any atom is -0.462 e. The number of esters is 3. The Morgan fingerprint density at radius 3 is 1.19 bits per heavy atom. The summed E-state index contributed by atoms with van der Waals surface area (Å²) in [6.45, 7) is 6.20. The summed E-state index contributed by atoms with van der Waals surface area (Å²) >= 11 is 0. The molecular weight excluding hydrogens is 841 g/mol. The van der Waals surface area contributed by atoms with Crippen molar-refractivity contribution in [3.63, 3.8) is 0 Å². The molecule has 0 aromatic rings. The predicted octanol–water partition coefficient (Wildman–Crippen LogP) is 17.8.